The summed E-state index contributed by atoms with van der Waals surface area (Å²) in [4.78, 5) is 3.91. The monoisotopic (exact) mass is 219 g/mol. The van der Waals surface area contributed by atoms with Gasteiger partial charge >= 0.3 is 0 Å². The van der Waals surface area contributed by atoms with Gasteiger partial charge in [0, 0.05) is 0 Å². The lowest BCUT2D eigenvalue weighted by Gasteiger charge is -2.10. The molecule has 4 nitrogen and oxygen atoms in total. The summed E-state index contributed by atoms with van der Waals surface area (Å²) in [6.07, 6.45) is 0.527. The summed E-state index contributed by atoms with van der Waals surface area (Å²) in [6.45, 7) is 1.94. The topological polar surface area (TPSA) is 55.5 Å². The zero-order valence-electron chi connectivity index (χ0n) is 8.96. The van der Waals surface area contributed by atoms with Gasteiger partial charge in [0.2, 0.25) is 0 Å². The first-order valence-corrected chi connectivity index (χ1v) is 5.03. The standard InChI is InChI=1S/C12H13NO3/c1-9-12(16-8-13-9)11(14)7-15-10-5-3-2-4-6-10/h2-6,8,11,14H,7H2,1H3. The Hall–Kier alpha value is -1.81. The molecule has 1 N–H and O–H groups in total. The molecule has 84 valence electrons. The minimum atomic E-state index is -0.789. The van der Waals surface area contributed by atoms with Crippen molar-refractivity contribution in [3.05, 3.63) is 48.2 Å². The van der Waals surface area contributed by atoms with Crippen molar-refractivity contribution in [2.45, 2.75) is 13.0 Å². The molecule has 1 heterocycles. The number of nitrogens with zero attached hydrogens (tertiary/aromatic N) is 1. The Balaban J connectivity index is 1.94. The number of aryl methyl sites for hydroxylation is 1. The van der Waals surface area contributed by atoms with E-state index >= 15 is 0 Å². The zero-order chi connectivity index (χ0) is 11.4. The van der Waals surface area contributed by atoms with Gasteiger partial charge < -0.3 is 14.3 Å². The van der Waals surface area contributed by atoms with Gasteiger partial charge in [0.25, 0.3) is 0 Å². The fourth-order valence-corrected chi connectivity index (χ4v) is 1.40. The second-order valence-corrected chi connectivity index (χ2v) is 3.44. The lowest BCUT2D eigenvalue weighted by molar-refractivity contribution is 0.0881. The highest BCUT2D eigenvalue weighted by Gasteiger charge is 2.15. The maximum Gasteiger partial charge on any atom is 0.181 e. The van der Waals surface area contributed by atoms with Crippen molar-refractivity contribution in [1.82, 2.24) is 4.98 Å². The van der Waals surface area contributed by atoms with Crippen LogP contribution >= 0.6 is 0 Å². The molecule has 1 aromatic heterocycles. The van der Waals surface area contributed by atoms with Gasteiger partial charge in [0.05, 0.1) is 5.69 Å². The molecule has 16 heavy (non-hydrogen) atoms. The molecule has 0 aliphatic heterocycles. The van der Waals surface area contributed by atoms with Crippen molar-refractivity contribution in [1.29, 1.82) is 0 Å². The molecule has 0 amide bonds. The summed E-state index contributed by atoms with van der Waals surface area (Å²) in [5.41, 5.74) is 0.684. The first kappa shape index (κ1) is 10.7. The van der Waals surface area contributed by atoms with Crippen LogP contribution in [0.15, 0.2) is 41.1 Å². The lowest BCUT2D eigenvalue weighted by atomic mass is 10.2. The molecular weight excluding hydrogens is 206 g/mol. The molecule has 1 aromatic carbocycles. The van der Waals surface area contributed by atoms with Gasteiger partial charge in [0.15, 0.2) is 12.2 Å². The Morgan fingerprint density at radius 2 is 2.12 bits per heavy atom. The third-order valence-corrected chi connectivity index (χ3v) is 2.24. The number of oxazole rings is 1. The normalized spacial score (nSPS) is 12.4. The average molecular weight is 219 g/mol. The van der Waals surface area contributed by atoms with Gasteiger partial charge in [-0.25, -0.2) is 4.98 Å². The van der Waals surface area contributed by atoms with Crippen LogP contribution in [0.1, 0.15) is 17.6 Å². The predicted molar refractivity (Wildman–Crippen MR) is 58.1 cm³/mol. The quantitative estimate of drug-likeness (QED) is 0.855. The fourth-order valence-electron chi connectivity index (χ4n) is 1.40. The first-order chi connectivity index (χ1) is 7.77. The number of ether oxygens (including phenoxy) is 1. The third-order valence-electron chi connectivity index (χ3n) is 2.24. The van der Waals surface area contributed by atoms with E-state index in [0.29, 0.717) is 11.5 Å². The van der Waals surface area contributed by atoms with E-state index in [1.807, 2.05) is 30.3 Å². The number of rotatable bonds is 4. The molecule has 1 atom stereocenters. The number of benzene rings is 1. The van der Waals surface area contributed by atoms with E-state index in [0.717, 1.165) is 5.75 Å². The largest absolute Gasteiger partial charge is 0.490 e. The molecule has 1 unspecified atom stereocenters. The van der Waals surface area contributed by atoms with E-state index in [1.165, 1.54) is 6.39 Å². The molecule has 4 heteroatoms. The lowest BCUT2D eigenvalue weighted by Crippen LogP contribution is -2.09. The van der Waals surface area contributed by atoms with E-state index < -0.39 is 6.10 Å². The molecule has 0 fully saturated rings. The Morgan fingerprint density at radius 1 is 1.38 bits per heavy atom. The van der Waals surface area contributed by atoms with Gasteiger partial charge in [-0.2, -0.15) is 0 Å². The molecule has 0 saturated heterocycles. The van der Waals surface area contributed by atoms with Gasteiger partial charge in [0.1, 0.15) is 18.5 Å². The van der Waals surface area contributed by atoms with Crippen LogP contribution < -0.4 is 4.74 Å². The highest BCUT2D eigenvalue weighted by Crippen LogP contribution is 2.18. The molecule has 0 radical (unpaired) electrons. The number of aliphatic hydroxyl groups is 1. The summed E-state index contributed by atoms with van der Waals surface area (Å²) in [5, 5.41) is 9.79. The van der Waals surface area contributed by atoms with Gasteiger partial charge in [-0.1, -0.05) is 18.2 Å². The van der Waals surface area contributed by atoms with E-state index in [1.54, 1.807) is 6.92 Å². The van der Waals surface area contributed by atoms with Crippen LogP contribution in [0.5, 0.6) is 5.75 Å². The molecule has 0 saturated carbocycles. The fraction of sp³-hybridized carbons (Fsp3) is 0.250. The van der Waals surface area contributed by atoms with Crippen LogP contribution in [-0.4, -0.2) is 16.7 Å². The summed E-state index contributed by atoms with van der Waals surface area (Å²) in [7, 11) is 0. The van der Waals surface area contributed by atoms with Crippen molar-refractivity contribution < 1.29 is 14.3 Å². The van der Waals surface area contributed by atoms with E-state index in [9.17, 15) is 5.11 Å². The van der Waals surface area contributed by atoms with Crippen LogP contribution in [0.25, 0.3) is 0 Å². The minimum Gasteiger partial charge on any atom is -0.490 e. The molecule has 2 aromatic rings. The van der Waals surface area contributed by atoms with Gasteiger partial charge in [-0.15, -0.1) is 0 Å². The van der Waals surface area contributed by atoms with E-state index in [2.05, 4.69) is 4.98 Å². The summed E-state index contributed by atoms with van der Waals surface area (Å²) in [6, 6.07) is 9.33. The maximum absolute atomic E-state index is 9.79. The van der Waals surface area contributed by atoms with Crippen molar-refractivity contribution in [3.63, 3.8) is 0 Å². The average Bonchev–Trinajstić information content (AvgIpc) is 2.74. The second-order valence-electron chi connectivity index (χ2n) is 3.44. The third kappa shape index (κ3) is 2.41. The molecule has 0 aliphatic carbocycles. The second kappa shape index (κ2) is 4.81. The smallest absolute Gasteiger partial charge is 0.181 e. The van der Waals surface area contributed by atoms with Gasteiger partial charge in [-0.05, 0) is 19.1 Å². The van der Waals surface area contributed by atoms with Gasteiger partial charge in [-0.3, -0.25) is 0 Å². The number of hydrogen-bond donors (Lipinski definition) is 1. The summed E-state index contributed by atoms with van der Waals surface area (Å²) < 4.78 is 10.5. The number of para-hydroxylation sites is 1. The SMILES string of the molecule is Cc1ncoc1C(O)COc1ccccc1. The predicted octanol–water partition coefficient (Wildman–Crippen LogP) is 2.10. The highest BCUT2D eigenvalue weighted by molar-refractivity contribution is 5.21. The summed E-state index contributed by atoms with van der Waals surface area (Å²) >= 11 is 0. The Bertz CT molecular complexity index is 439. The maximum atomic E-state index is 9.79. The number of aromatic nitrogens is 1. The van der Waals surface area contributed by atoms with Crippen LogP contribution in [0, 0.1) is 6.92 Å². The van der Waals surface area contributed by atoms with Crippen molar-refractivity contribution in [2.75, 3.05) is 6.61 Å². The molecule has 0 bridgehead atoms. The molecule has 2 rings (SSSR count). The summed E-state index contributed by atoms with van der Waals surface area (Å²) in [5.74, 6) is 1.18. The molecule has 0 spiro atoms. The minimum absolute atomic E-state index is 0.153. The zero-order valence-corrected chi connectivity index (χ0v) is 8.96. The highest BCUT2D eigenvalue weighted by atomic mass is 16.5. The van der Waals surface area contributed by atoms with Crippen molar-refractivity contribution >= 4 is 0 Å². The van der Waals surface area contributed by atoms with E-state index in [-0.39, 0.29) is 6.61 Å². The van der Waals surface area contributed by atoms with E-state index in [4.69, 9.17) is 9.15 Å². The number of aliphatic hydroxyl groups excluding tert-OH is 1. The molecular formula is C12H13NO3. The van der Waals surface area contributed by atoms with Crippen molar-refractivity contribution in [2.24, 2.45) is 0 Å². The molecule has 0 aliphatic rings. The Morgan fingerprint density at radius 3 is 2.75 bits per heavy atom. The van der Waals surface area contributed by atoms with Crippen molar-refractivity contribution in [3.8, 4) is 5.75 Å². The van der Waals surface area contributed by atoms with Crippen LogP contribution in [-0.2, 0) is 0 Å². The Kier molecular flexibility index (Phi) is 3.22. The van der Waals surface area contributed by atoms with Crippen LogP contribution in [0.4, 0.5) is 0 Å². The Labute approximate surface area is 93.5 Å². The first-order valence-electron chi connectivity index (χ1n) is 5.03. The van der Waals surface area contributed by atoms with Crippen LogP contribution in [0.2, 0.25) is 0 Å². The van der Waals surface area contributed by atoms with Crippen LogP contribution in [0.3, 0.4) is 0 Å². The number of hydrogen-bond acceptors (Lipinski definition) is 4.